The number of hydrogen-bond acceptors (Lipinski definition) is 5. The van der Waals surface area contributed by atoms with Crippen molar-refractivity contribution in [3.8, 4) is 0 Å². The summed E-state index contributed by atoms with van der Waals surface area (Å²) in [5, 5.41) is 0. The Bertz CT molecular complexity index is 490. The van der Waals surface area contributed by atoms with Gasteiger partial charge in [-0.05, 0) is 52.2 Å². The van der Waals surface area contributed by atoms with E-state index in [1.807, 2.05) is 11.8 Å². The van der Waals surface area contributed by atoms with Crippen molar-refractivity contribution in [3.63, 3.8) is 0 Å². The first kappa shape index (κ1) is 17.6. The van der Waals surface area contributed by atoms with Crippen LogP contribution >= 0.6 is 0 Å². The van der Waals surface area contributed by atoms with Crippen LogP contribution in [0.5, 0.6) is 0 Å². The Morgan fingerprint density at radius 3 is 2.50 bits per heavy atom. The molecule has 7 nitrogen and oxygen atoms in total. The van der Waals surface area contributed by atoms with Crippen LogP contribution in [0.2, 0.25) is 0 Å². The summed E-state index contributed by atoms with van der Waals surface area (Å²) in [4.78, 5) is 37.2. The molecule has 2 amide bonds. The number of hydrogen-bond donors (Lipinski definition) is 1. The summed E-state index contributed by atoms with van der Waals surface area (Å²) in [6, 6.07) is -0.162. The van der Waals surface area contributed by atoms with E-state index < -0.39 is 12.1 Å². The van der Waals surface area contributed by atoms with E-state index in [9.17, 15) is 9.59 Å². The van der Waals surface area contributed by atoms with Crippen molar-refractivity contribution in [2.45, 2.75) is 64.4 Å². The molecule has 3 saturated heterocycles. The molecule has 0 aliphatic carbocycles. The average Bonchev–Trinajstić information content (AvgIpc) is 2.54. The third-order valence-corrected chi connectivity index (χ3v) is 5.45. The molecule has 3 atom stereocenters. The topological polar surface area (TPSA) is 65.1 Å². The predicted octanol–water partition coefficient (Wildman–Crippen LogP) is 0.416. The lowest BCUT2D eigenvalue weighted by Gasteiger charge is -2.51. The quantitative estimate of drug-likeness (QED) is 0.808. The van der Waals surface area contributed by atoms with Gasteiger partial charge in [-0.2, -0.15) is 5.48 Å². The van der Waals surface area contributed by atoms with Crippen molar-refractivity contribution in [1.82, 2.24) is 20.2 Å². The fraction of sp³-hybridized carbons (Fsp3) is 0.882. The first-order valence-electron chi connectivity index (χ1n) is 9.11. The van der Waals surface area contributed by atoms with Crippen LogP contribution in [0.25, 0.3) is 0 Å². The lowest BCUT2D eigenvalue weighted by atomic mass is 9.98. The zero-order valence-electron chi connectivity index (χ0n) is 15.2. The maximum atomic E-state index is 12.9. The number of nitrogens with one attached hydrogen (secondary N) is 1. The number of carbonyl (C=O) groups excluding carboxylic acids is 2. The van der Waals surface area contributed by atoms with Gasteiger partial charge in [0.25, 0.3) is 5.91 Å². The number of hydroxylamine groups is 1. The van der Waals surface area contributed by atoms with Crippen molar-refractivity contribution in [1.29, 1.82) is 0 Å². The Hall–Kier alpha value is -1.18. The number of nitrogens with zero attached hydrogens (tertiary/aromatic N) is 3. The highest BCUT2D eigenvalue weighted by atomic mass is 16.7. The maximum absolute atomic E-state index is 12.9. The Labute approximate surface area is 144 Å². The van der Waals surface area contributed by atoms with Gasteiger partial charge in [0, 0.05) is 6.04 Å². The van der Waals surface area contributed by atoms with Crippen LogP contribution < -0.4 is 5.48 Å². The van der Waals surface area contributed by atoms with Gasteiger partial charge in [-0.1, -0.05) is 13.8 Å². The Balaban J connectivity index is 1.70. The standard InChI is InChI=1S/C17H30N4O3/c1-11(2)9-14-17(23)21-12(3)16(22)20(10-15(21)18-24-14)13-5-7-19(4)8-6-13/h11-15,18H,5-10H2,1-4H3/t12-,14+,15?/m0/s1. The molecule has 1 N–H and O–H groups in total. The van der Waals surface area contributed by atoms with Crippen LogP contribution in [0, 0.1) is 5.92 Å². The molecule has 0 saturated carbocycles. The smallest absolute Gasteiger partial charge is 0.255 e. The van der Waals surface area contributed by atoms with Crippen molar-refractivity contribution < 1.29 is 14.4 Å². The molecule has 0 aromatic heterocycles. The summed E-state index contributed by atoms with van der Waals surface area (Å²) in [6.45, 7) is 8.50. The van der Waals surface area contributed by atoms with Gasteiger partial charge in [-0.25, -0.2) is 0 Å². The lowest BCUT2D eigenvalue weighted by Crippen LogP contribution is -2.72. The average molecular weight is 338 g/mol. The van der Waals surface area contributed by atoms with Crippen LogP contribution in [0.15, 0.2) is 0 Å². The Morgan fingerprint density at radius 1 is 1.21 bits per heavy atom. The second-order valence-electron chi connectivity index (χ2n) is 7.82. The molecule has 0 aromatic rings. The van der Waals surface area contributed by atoms with Crippen LogP contribution in [-0.2, 0) is 14.4 Å². The number of rotatable bonds is 3. The first-order chi connectivity index (χ1) is 11.4. The normalized spacial score (nSPS) is 33.3. The SMILES string of the molecule is CC(C)C[C@H]1ONC2CN(C3CCN(C)CC3)C(=O)[C@H](C)N2C1=O. The number of piperazine rings is 1. The van der Waals surface area contributed by atoms with Gasteiger partial charge in [-0.3, -0.25) is 14.4 Å². The molecule has 3 rings (SSSR count). The van der Waals surface area contributed by atoms with E-state index in [0.29, 0.717) is 18.9 Å². The fourth-order valence-electron chi connectivity index (χ4n) is 4.02. The second-order valence-corrected chi connectivity index (χ2v) is 7.82. The van der Waals surface area contributed by atoms with E-state index in [0.717, 1.165) is 25.9 Å². The third kappa shape index (κ3) is 3.30. The monoisotopic (exact) mass is 338 g/mol. The zero-order chi connectivity index (χ0) is 17.4. The number of carbonyl (C=O) groups is 2. The van der Waals surface area contributed by atoms with Gasteiger partial charge < -0.3 is 14.7 Å². The van der Waals surface area contributed by atoms with E-state index in [4.69, 9.17) is 4.84 Å². The largest absolute Gasteiger partial charge is 0.334 e. The van der Waals surface area contributed by atoms with Crippen molar-refractivity contribution >= 4 is 11.8 Å². The van der Waals surface area contributed by atoms with E-state index in [2.05, 4.69) is 31.3 Å². The summed E-state index contributed by atoms with van der Waals surface area (Å²) in [6.07, 6.45) is 1.91. The summed E-state index contributed by atoms with van der Waals surface area (Å²) in [5.41, 5.74) is 3.04. The molecular weight excluding hydrogens is 308 g/mol. The predicted molar refractivity (Wildman–Crippen MR) is 89.8 cm³/mol. The van der Waals surface area contributed by atoms with Crippen LogP contribution in [0.1, 0.15) is 40.0 Å². The molecule has 3 aliphatic heterocycles. The number of fused-ring (bicyclic) bond motifs is 1. The highest BCUT2D eigenvalue weighted by Crippen LogP contribution is 2.27. The van der Waals surface area contributed by atoms with Crippen LogP contribution in [-0.4, -0.2) is 77.5 Å². The molecule has 136 valence electrons. The van der Waals surface area contributed by atoms with Gasteiger partial charge in [0.1, 0.15) is 12.2 Å². The molecule has 3 heterocycles. The molecule has 0 radical (unpaired) electrons. The highest BCUT2D eigenvalue weighted by molar-refractivity contribution is 5.91. The minimum atomic E-state index is -0.494. The van der Waals surface area contributed by atoms with E-state index >= 15 is 0 Å². The summed E-state index contributed by atoms with van der Waals surface area (Å²) in [5.74, 6) is 0.376. The van der Waals surface area contributed by atoms with E-state index in [1.54, 1.807) is 4.90 Å². The number of piperidine rings is 1. The molecule has 0 aromatic carbocycles. The molecule has 1 unspecified atom stereocenters. The maximum Gasteiger partial charge on any atom is 0.255 e. The van der Waals surface area contributed by atoms with Crippen molar-refractivity contribution in [2.75, 3.05) is 26.7 Å². The minimum Gasteiger partial charge on any atom is -0.334 e. The molecule has 24 heavy (non-hydrogen) atoms. The van der Waals surface area contributed by atoms with Crippen LogP contribution in [0.4, 0.5) is 0 Å². The summed E-state index contributed by atoms with van der Waals surface area (Å²) < 4.78 is 0. The second kappa shape index (κ2) is 6.98. The van der Waals surface area contributed by atoms with Gasteiger partial charge in [0.2, 0.25) is 5.91 Å². The molecule has 0 spiro atoms. The van der Waals surface area contributed by atoms with Gasteiger partial charge >= 0.3 is 0 Å². The summed E-state index contributed by atoms with van der Waals surface area (Å²) in [7, 11) is 2.11. The molecule has 7 heteroatoms. The fourth-order valence-corrected chi connectivity index (χ4v) is 4.02. The Kier molecular flexibility index (Phi) is 5.13. The lowest BCUT2D eigenvalue weighted by molar-refractivity contribution is -0.199. The van der Waals surface area contributed by atoms with Gasteiger partial charge in [0.05, 0.1) is 6.54 Å². The molecule has 0 bridgehead atoms. The molecule has 3 fully saturated rings. The molecular formula is C17H30N4O3. The van der Waals surface area contributed by atoms with Crippen molar-refractivity contribution in [2.24, 2.45) is 5.92 Å². The highest BCUT2D eigenvalue weighted by Gasteiger charge is 2.48. The van der Waals surface area contributed by atoms with Crippen LogP contribution in [0.3, 0.4) is 0 Å². The Morgan fingerprint density at radius 2 is 1.88 bits per heavy atom. The third-order valence-electron chi connectivity index (χ3n) is 5.45. The van der Waals surface area contributed by atoms with Gasteiger partial charge in [0.15, 0.2) is 6.10 Å². The zero-order valence-corrected chi connectivity index (χ0v) is 15.2. The first-order valence-corrected chi connectivity index (χ1v) is 9.11. The summed E-state index contributed by atoms with van der Waals surface area (Å²) >= 11 is 0. The van der Waals surface area contributed by atoms with Gasteiger partial charge in [-0.15, -0.1) is 0 Å². The van der Waals surface area contributed by atoms with Crippen molar-refractivity contribution in [3.05, 3.63) is 0 Å². The minimum absolute atomic E-state index is 0.0590. The van der Waals surface area contributed by atoms with E-state index in [-0.39, 0.29) is 24.0 Å². The molecule has 3 aliphatic rings. The number of amides is 2. The number of likely N-dealkylation sites (tertiary alicyclic amines) is 1. The van der Waals surface area contributed by atoms with E-state index in [1.165, 1.54) is 0 Å².